The van der Waals surface area contributed by atoms with Crippen molar-refractivity contribution in [1.82, 2.24) is 5.32 Å². The van der Waals surface area contributed by atoms with Crippen LogP contribution in [0.4, 0.5) is 4.79 Å². The molecule has 0 radical (unpaired) electrons. The zero-order valence-electron chi connectivity index (χ0n) is 7.17. The Hall–Kier alpha value is -0.830. The number of amides is 1. The molecule has 0 fully saturated rings. The van der Waals surface area contributed by atoms with E-state index in [4.69, 9.17) is 5.11 Å². The van der Waals surface area contributed by atoms with Crippen molar-refractivity contribution in [1.29, 1.82) is 0 Å². The van der Waals surface area contributed by atoms with Crippen LogP contribution in [0.1, 0.15) is 0 Å². The predicted octanol–water partition coefficient (Wildman–Crippen LogP) is 0.844. The van der Waals surface area contributed by atoms with Crippen molar-refractivity contribution in [3.63, 3.8) is 0 Å². The Labute approximate surface area is 88.1 Å². The lowest BCUT2D eigenvalue weighted by atomic mass is 10.7. The van der Waals surface area contributed by atoms with Crippen LogP contribution in [0.2, 0.25) is 0 Å². The molecule has 0 saturated carbocycles. The molecule has 0 aromatic carbocycles. The van der Waals surface area contributed by atoms with Gasteiger partial charge >= 0.3 is 6.09 Å². The fraction of sp³-hybridized carbons (Fsp3) is 0.800. The van der Waals surface area contributed by atoms with E-state index < -0.39 is 11.2 Å². The largest absolute Gasteiger partial charge is 0.465 e. The maximum absolute atomic E-state index is 9.99. The second-order valence-corrected chi connectivity index (χ2v) is 4.63. The Balaban J connectivity index is 2.99. The topological polar surface area (TPSA) is 102 Å². The zero-order chi connectivity index (χ0) is 10.8. The molecule has 0 bridgehead atoms. The predicted molar refractivity (Wildman–Crippen MR) is 53.9 cm³/mol. The highest BCUT2D eigenvalue weighted by Crippen LogP contribution is 2.19. The van der Waals surface area contributed by atoms with Gasteiger partial charge < -0.3 is 15.3 Å². The summed E-state index contributed by atoms with van der Waals surface area (Å²) in [7, 11) is 2.84. The third-order valence-corrected chi connectivity index (χ3v) is 3.28. The van der Waals surface area contributed by atoms with E-state index >= 15 is 0 Å². The van der Waals surface area contributed by atoms with Gasteiger partial charge in [0.1, 0.15) is 6.61 Å². The molecule has 2 N–H and O–H groups in total. The average Bonchev–Trinajstić information content (AvgIpc) is 2.08. The molecule has 0 aromatic rings. The molecule has 0 spiro atoms. The maximum atomic E-state index is 9.99. The minimum absolute atomic E-state index is 0.0526. The second-order valence-electron chi connectivity index (χ2n) is 1.93. The highest BCUT2D eigenvalue weighted by Gasteiger charge is 1.96. The Morgan fingerprint density at radius 2 is 2.14 bits per heavy atom. The van der Waals surface area contributed by atoms with Gasteiger partial charge in [-0.15, -0.1) is 10.1 Å². The van der Waals surface area contributed by atoms with Crippen LogP contribution in [0.3, 0.4) is 0 Å². The summed E-state index contributed by atoms with van der Waals surface area (Å²) >= 11 is 0. The van der Waals surface area contributed by atoms with Gasteiger partial charge in [-0.25, -0.2) is 4.79 Å². The van der Waals surface area contributed by atoms with E-state index in [2.05, 4.69) is 10.2 Å². The number of carbonyl (C=O) groups is 1. The number of nitrogens with zero attached hydrogens (tertiary/aromatic N) is 1. The summed E-state index contributed by atoms with van der Waals surface area (Å²) in [5, 5.41) is 19.3. The van der Waals surface area contributed by atoms with E-state index in [9.17, 15) is 14.9 Å². The van der Waals surface area contributed by atoms with Crippen LogP contribution in [0, 0.1) is 10.1 Å². The molecular formula is C5H10N2O5S2. The van der Waals surface area contributed by atoms with Crippen LogP contribution in [-0.2, 0) is 4.84 Å². The molecule has 0 saturated heterocycles. The second kappa shape index (κ2) is 8.75. The Morgan fingerprint density at radius 3 is 2.71 bits per heavy atom. The molecule has 1 amide bonds. The first kappa shape index (κ1) is 13.2. The SMILES string of the molecule is O=C(O)NCCSSCCO[N+](=O)[O-]. The lowest BCUT2D eigenvalue weighted by molar-refractivity contribution is -0.756. The third kappa shape index (κ3) is 11.2. The molecule has 0 rings (SSSR count). The quantitative estimate of drug-likeness (QED) is 0.281. The maximum Gasteiger partial charge on any atom is 0.404 e. The van der Waals surface area contributed by atoms with Crippen LogP contribution in [0.15, 0.2) is 0 Å². The Bertz CT molecular complexity index is 171. The summed E-state index contributed by atoms with van der Waals surface area (Å²) in [6.45, 7) is 0.417. The molecule has 0 heterocycles. The minimum Gasteiger partial charge on any atom is -0.465 e. The van der Waals surface area contributed by atoms with Gasteiger partial charge in [0.15, 0.2) is 0 Å². The average molecular weight is 242 g/mol. The van der Waals surface area contributed by atoms with Gasteiger partial charge in [-0.1, -0.05) is 21.6 Å². The zero-order valence-corrected chi connectivity index (χ0v) is 8.81. The van der Waals surface area contributed by atoms with Crippen LogP contribution in [0.25, 0.3) is 0 Å². The van der Waals surface area contributed by atoms with Gasteiger partial charge in [-0.2, -0.15) is 0 Å². The lowest BCUT2D eigenvalue weighted by Gasteiger charge is -2.00. The van der Waals surface area contributed by atoms with Crippen molar-refractivity contribution in [3.8, 4) is 0 Å². The van der Waals surface area contributed by atoms with Crippen molar-refractivity contribution in [2.75, 3.05) is 24.7 Å². The van der Waals surface area contributed by atoms with Crippen LogP contribution < -0.4 is 5.32 Å². The fourth-order valence-corrected chi connectivity index (χ4v) is 2.19. The molecule has 0 aliphatic heterocycles. The third-order valence-electron chi connectivity index (χ3n) is 0.908. The first-order valence-electron chi connectivity index (χ1n) is 3.61. The summed E-state index contributed by atoms with van der Waals surface area (Å²) in [6.07, 6.45) is -1.05. The van der Waals surface area contributed by atoms with E-state index in [0.29, 0.717) is 18.1 Å². The molecular weight excluding hydrogens is 232 g/mol. The van der Waals surface area contributed by atoms with E-state index in [-0.39, 0.29) is 6.61 Å². The standard InChI is InChI=1S/C5H10N2O5S2/c8-5(9)6-1-3-13-14-4-2-12-7(10)11/h6H,1-4H2,(H,8,9). The molecule has 7 nitrogen and oxygen atoms in total. The van der Waals surface area contributed by atoms with Crippen molar-refractivity contribution in [2.24, 2.45) is 0 Å². The van der Waals surface area contributed by atoms with Gasteiger partial charge in [0.05, 0.1) is 0 Å². The number of rotatable bonds is 8. The van der Waals surface area contributed by atoms with E-state index in [1.165, 1.54) is 21.6 Å². The van der Waals surface area contributed by atoms with Crippen LogP contribution in [-0.4, -0.2) is 40.9 Å². The minimum atomic E-state index is -1.05. The number of carboxylic acid groups (broad SMARTS) is 1. The summed E-state index contributed by atoms with van der Waals surface area (Å²) in [4.78, 5) is 23.8. The van der Waals surface area contributed by atoms with Crippen LogP contribution in [0.5, 0.6) is 0 Å². The van der Waals surface area contributed by atoms with Gasteiger partial charge in [-0.05, 0) is 0 Å². The molecule has 14 heavy (non-hydrogen) atoms. The molecule has 9 heteroatoms. The van der Waals surface area contributed by atoms with E-state index in [1.807, 2.05) is 0 Å². The van der Waals surface area contributed by atoms with Gasteiger partial charge in [-0.3, -0.25) is 0 Å². The molecule has 0 atom stereocenters. The van der Waals surface area contributed by atoms with Crippen molar-refractivity contribution < 1.29 is 19.8 Å². The Morgan fingerprint density at radius 1 is 1.50 bits per heavy atom. The summed E-state index contributed by atoms with van der Waals surface area (Å²) in [5.41, 5.74) is 0. The molecule has 0 aromatic heterocycles. The van der Waals surface area contributed by atoms with E-state index in [0.717, 1.165) is 0 Å². The molecule has 0 aliphatic rings. The number of hydrogen-bond donors (Lipinski definition) is 2. The monoisotopic (exact) mass is 242 g/mol. The van der Waals surface area contributed by atoms with Gasteiger partial charge in [0.2, 0.25) is 0 Å². The van der Waals surface area contributed by atoms with E-state index in [1.54, 1.807) is 0 Å². The fourth-order valence-electron chi connectivity index (χ4n) is 0.463. The highest BCUT2D eigenvalue weighted by molar-refractivity contribution is 8.76. The highest BCUT2D eigenvalue weighted by atomic mass is 33.1. The van der Waals surface area contributed by atoms with Gasteiger partial charge in [0.25, 0.3) is 5.09 Å². The summed E-state index contributed by atoms with van der Waals surface area (Å²) in [6, 6.07) is 0. The van der Waals surface area contributed by atoms with Gasteiger partial charge in [0, 0.05) is 18.1 Å². The van der Waals surface area contributed by atoms with Crippen LogP contribution >= 0.6 is 21.6 Å². The molecule has 0 aliphatic carbocycles. The molecule has 0 unspecified atom stereocenters. The summed E-state index contributed by atoms with van der Waals surface area (Å²) < 4.78 is 0. The Kier molecular flexibility index (Phi) is 8.24. The smallest absolute Gasteiger partial charge is 0.404 e. The first-order valence-corrected chi connectivity index (χ1v) is 6.10. The van der Waals surface area contributed by atoms with Crippen molar-refractivity contribution >= 4 is 27.7 Å². The normalized spacial score (nSPS) is 9.43. The molecule has 82 valence electrons. The summed E-state index contributed by atoms with van der Waals surface area (Å²) in [5.74, 6) is 1.12. The lowest BCUT2D eigenvalue weighted by Crippen LogP contribution is -2.23. The van der Waals surface area contributed by atoms with Crippen molar-refractivity contribution in [2.45, 2.75) is 0 Å². The number of hydrogen-bond acceptors (Lipinski definition) is 6. The first-order chi connectivity index (χ1) is 6.63. The number of nitrogens with one attached hydrogen (secondary N) is 1. The van der Waals surface area contributed by atoms with Crippen molar-refractivity contribution in [3.05, 3.63) is 10.1 Å².